The predicted octanol–water partition coefficient (Wildman–Crippen LogP) is -1.69. The first kappa shape index (κ1) is 15.9. The molecule has 8 nitrogen and oxygen atoms in total. The van der Waals surface area contributed by atoms with Crippen molar-refractivity contribution in [3.05, 3.63) is 27.0 Å². The van der Waals surface area contributed by atoms with Crippen LogP contribution in [0, 0.1) is 5.92 Å². The van der Waals surface area contributed by atoms with E-state index in [1.165, 1.54) is 14.1 Å². The Balaban J connectivity index is 2.42. The maximum absolute atomic E-state index is 12.4. The van der Waals surface area contributed by atoms with Crippen molar-refractivity contribution in [1.82, 2.24) is 18.8 Å². The lowest BCUT2D eigenvalue weighted by Crippen LogP contribution is -2.45. The van der Waals surface area contributed by atoms with Crippen LogP contribution in [0.3, 0.4) is 0 Å². The Morgan fingerprint density at radius 1 is 1.19 bits per heavy atom. The lowest BCUT2D eigenvalue weighted by atomic mass is 10.1. The average Bonchev–Trinajstić information content (AvgIpc) is 2.68. The molecule has 0 aromatic carbocycles. The monoisotopic (exact) mass is 316 g/mol. The average molecular weight is 316 g/mol. The number of likely N-dealkylation sites (tertiary alicyclic amines) is 1. The van der Waals surface area contributed by atoms with Gasteiger partial charge in [0.2, 0.25) is 10.0 Å². The van der Waals surface area contributed by atoms with E-state index in [0.29, 0.717) is 6.54 Å². The number of hydrogen-bond donors (Lipinski definition) is 1. The van der Waals surface area contributed by atoms with Crippen LogP contribution in [0.1, 0.15) is 6.92 Å². The quantitative estimate of drug-likeness (QED) is 0.718. The molecule has 1 aliphatic heterocycles. The van der Waals surface area contributed by atoms with Crippen molar-refractivity contribution in [1.29, 1.82) is 0 Å². The predicted molar refractivity (Wildman–Crippen MR) is 77.7 cm³/mol. The molecule has 118 valence electrons. The summed E-state index contributed by atoms with van der Waals surface area (Å²) in [7, 11) is 0.620. The highest BCUT2D eigenvalue weighted by Crippen LogP contribution is 2.16. The van der Waals surface area contributed by atoms with Crippen LogP contribution in [0.25, 0.3) is 0 Å². The third-order valence-corrected chi connectivity index (χ3v) is 5.28. The van der Waals surface area contributed by atoms with Gasteiger partial charge in [-0.05, 0) is 13.0 Å². The maximum atomic E-state index is 12.4. The summed E-state index contributed by atoms with van der Waals surface area (Å²) in [5, 5.41) is 0. The normalized spacial score (nSPS) is 23.6. The fourth-order valence-electron chi connectivity index (χ4n) is 2.58. The van der Waals surface area contributed by atoms with E-state index in [1.54, 1.807) is 0 Å². The van der Waals surface area contributed by atoms with E-state index >= 15 is 0 Å². The maximum Gasteiger partial charge on any atom is 0.330 e. The third kappa shape index (κ3) is 2.94. The van der Waals surface area contributed by atoms with Crippen molar-refractivity contribution in [2.75, 3.05) is 20.1 Å². The van der Waals surface area contributed by atoms with Crippen molar-refractivity contribution in [2.24, 2.45) is 20.0 Å². The summed E-state index contributed by atoms with van der Waals surface area (Å²) in [5.74, 6) is 0.154. The van der Waals surface area contributed by atoms with Gasteiger partial charge in [0.25, 0.3) is 5.56 Å². The minimum Gasteiger partial charge on any atom is -0.304 e. The van der Waals surface area contributed by atoms with Gasteiger partial charge in [0, 0.05) is 39.4 Å². The summed E-state index contributed by atoms with van der Waals surface area (Å²) in [6.45, 7) is 3.33. The van der Waals surface area contributed by atoms with E-state index in [-0.39, 0.29) is 12.0 Å². The van der Waals surface area contributed by atoms with Crippen molar-refractivity contribution in [3.8, 4) is 0 Å². The molecule has 1 aromatic rings. The fraction of sp³-hybridized carbons (Fsp3) is 0.667. The second-order valence-corrected chi connectivity index (χ2v) is 7.36. The number of aromatic nitrogens is 2. The van der Waals surface area contributed by atoms with Gasteiger partial charge >= 0.3 is 5.69 Å². The highest BCUT2D eigenvalue weighted by atomic mass is 32.2. The van der Waals surface area contributed by atoms with Crippen LogP contribution in [0.2, 0.25) is 0 Å². The molecule has 0 radical (unpaired) electrons. The molecule has 0 amide bonds. The summed E-state index contributed by atoms with van der Waals surface area (Å²) in [6.07, 6.45) is 1.07. The molecule has 0 unspecified atom stereocenters. The van der Waals surface area contributed by atoms with E-state index in [4.69, 9.17) is 0 Å². The number of sulfonamides is 1. The topological polar surface area (TPSA) is 93.4 Å². The Labute approximate surface area is 123 Å². The van der Waals surface area contributed by atoms with Gasteiger partial charge in [-0.2, -0.15) is 0 Å². The molecular weight excluding hydrogens is 296 g/mol. The van der Waals surface area contributed by atoms with Crippen molar-refractivity contribution >= 4 is 10.0 Å². The molecule has 1 saturated heterocycles. The van der Waals surface area contributed by atoms with Gasteiger partial charge in [-0.3, -0.25) is 9.36 Å². The van der Waals surface area contributed by atoms with Crippen molar-refractivity contribution < 1.29 is 8.42 Å². The molecule has 1 aliphatic rings. The van der Waals surface area contributed by atoms with Crippen LogP contribution >= 0.6 is 0 Å². The van der Waals surface area contributed by atoms with E-state index in [1.807, 2.05) is 18.9 Å². The lowest BCUT2D eigenvalue weighted by Gasteiger charge is -2.16. The molecule has 0 saturated carbocycles. The van der Waals surface area contributed by atoms with Crippen molar-refractivity contribution in [3.63, 3.8) is 0 Å². The smallest absolute Gasteiger partial charge is 0.304 e. The number of nitrogens with zero attached hydrogens (tertiary/aromatic N) is 3. The zero-order valence-electron chi connectivity index (χ0n) is 12.5. The van der Waals surface area contributed by atoms with Gasteiger partial charge in [0.05, 0.1) is 0 Å². The summed E-state index contributed by atoms with van der Waals surface area (Å²) >= 11 is 0. The molecule has 0 bridgehead atoms. The second-order valence-electron chi connectivity index (χ2n) is 5.68. The SMILES string of the molecule is C[C@@H]1CN(C)C[C@H]1NS(=O)(=O)c1cn(C)c(=O)n(C)c1=O. The molecule has 1 N–H and O–H groups in total. The molecule has 0 spiro atoms. The van der Waals surface area contributed by atoms with Crippen LogP contribution in [-0.2, 0) is 24.1 Å². The Hall–Kier alpha value is -1.45. The highest BCUT2D eigenvalue weighted by Gasteiger charge is 2.32. The van der Waals surface area contributed by atoms with Gasteiger partial charge < -0.3 is 9.47 Å². The van der Waals surface area contributed by atoms with E-state index in [2.05, 4.69) is 4.72 Å². The molecule has 2 rings (SSSR count). The summed E-state index contributed by atoms with van der Waals surface area (Å²) in [5.41, 5.74) is -1.38. The molecule has 0 aliphatic carbocycles. The molecule has 1 fully saturated rings. The zero-order chi connectivity index (χ0) is 15.9. The van der Waals surface area contributed by atoms with Crippen LogP contribution in [0.5, 0.6) is 0 Å². The van der Waals surface area contributed by atoms with Gasteiger partial charge in [-0.25, -0.2) is 17.9 Å². The summed E-state index contributed by atoms with van der Waals surface area (Å²) in [4.78, 5) is 25.3. The van der Waals surface area contributed by atoms with Crippen LogP contribution in [-0.4, -0.2) is 48.6 Å². The van der Waals surface area contributed by atoms with Crippen LogP contribution < -0.4 is 16.0 Å². The Morgan fingerprint density at radius 3 is 2.33 bits per heavy atom. The Morgan fingerprint density at radius 2 is 1.81 bits per heavy atom. The van der Waals surface area contributed by atoms with Crippen LogP contribution in [0.15, 0.2) is 20.7 Å². The largest absolute Gasteiger partial charge is 0.330 e. The van der Waals surface area contributed by atoms with Gasteiger partial charge in [0.15, 0.2) is 4.90 Å². The zero-order valence-corrected chi connectivity index (χ0v) is 13.3. The molecular formula is C12H20N4O4S. The lowest BCUT2D eigenvalue weighted by molar-refractivity contribution is 0.400. The standard InChI is InChI=1S/C12H20N4O4S/c1-8-5-14(2)6-9(8)13-21(19,20)10-7-15(3)12(18)16(4)11(10)17/h7-9,13H,5-6H2,1-4H3/t8-,9-/m1/s1. The number of aryl methyl sites for hydroxylation is 1. The minimum absolute atomic E-state index is 0.154. The fourth-order valence-corrected chi connectivity index (χ4v) is 4.08. The molecule has 9 heteroatoms. The first-order chi connectivity index (χ1) is 9.63. The number of hydrogen-bond acceptors (Lipinski definition) is 5. The first-order valence-electron chi connectivity index (χ1n) is 6.61. The van der Waals surface area contributed by atoms with Crippen LogP contribution in [0.4, 0.5) is 0 Å². The third-order valence-electron chi connectivity index (χ3n) is 3.81. The van der Waals surface area contributed by atoms with Crippen molar-refractivity contribution in [2.45, 2.75) is 17.9 Å². The Kier molecular flexibility index (Phi) is 4.09. The molecule has 21 heavy (non-hydrogen) atoms. The van der Waals surface area contributed by atoms with E-state index in [9.17, 15) is 18.0 Å². The molecule has 1 aromatic heterocycles. The number of rotatable bonds is 3. The molecule has 2 atom stereocenters. The Bertz CT molecular complexity index is 764. The molecule has 2 heterocycles. The summed E-state index contributed by atoms with van der Waals surface area (Å²) < 4.78 is 29.3. The van der Waals surface area contributed by atoms with E-state index < -0.39 is 26.2 Å². The van der Waals surface area contributed by atoms with Gasteiger partial charge in [0.1, 0.15) is 0 Å². The first-order valence-corrected chi connectivity index (χ1v) is 8.09. The highest BCUT2D eigenvalue weighted by molar-refractivity contribution is 7.89. The second kappa shape index (κ2) is 5.39. The number of likely N-dealkylation sites (N-methyl/N-ethyl adjacent to an activating group) is 1. The summed E-state index contributed by atoms with van der Waals surface area (Å²) in [6, 6.07) is -0.248. The number of nitrogens with one attached hydrogen (secondary N) is 1. The van der Waals surface area contributed by atoms with Gasteiger partial charge in [-0.15, -0.1) is 0 Å². The minimum atomic E-state index is -3.96. The van der Waals surface area contributed by atoms with Gasteiger partial charge in [-0.1, -0.05) is 6.92 Å². The van der Waals surface area contributed by atoms with E-state index in [0.717, 1.165) is 21.9 Å².